The van der Waals surface area contributed by atoms with Crippen LogP contribution in [0.25, 0.3) is 0 Å². The van der Waals surface area contributed by atoms with Crippen molar-refractivity contribution >= 4 is 11.8 Å². The van der Waals surface area contributed by atoms with E-state index in [1.165, 1.54) is 6.07 Å². The predicted molar refractivity (Wildman–Crippen MR) is 100 cm³/mol. The highest BCUT2D eigenvalue weighted by Crippen LogP contribution is 2.40. The minimum Gasteiger partial charge on any atom is -0.372 e. The molecule has 154 valence electrons. The third-order valence-electron chi connectivity index (χ3n) is 5.76. The molecule has 2 amide bonds. The van der Waals surface area contributed by atoms with Crippen LogP contribution in [-0.4, -0.2) is 54.5 Å². The lowest BCUT2D eigenvalue weighted by atomic mass is 9.78. The maximum absolute atomic E-state index is 13.5. The maximum atomic E-state index is 13.5. The molecule has 1 aromatic rings. The first-order valence-electron chi connectivity index (χ1n) is 10.0. The summed E-state index contributed by atoms with van der Waals surface area (Å²) in [5.41, 5.74) is 0.00941. The summed E-state index contributed by atoms with van der Waals surface area (Å²) < 4.78 is 32.0. The number of rotatable bonds is 7. The van der Waals surface area contributed by atoms with Crippen molar-refractivity contribution in [2.45, 2.75) is 45.6 Å². The second kappa shape index (κ2) is 8.99. The Labute approximate surface area is 164 Å². The summed E-state index contributed by atoms with van der Waals surface area (Å²) in [7, 11) is 0. The molecule has 1 unspecified atom stereocenters. The van der Waals surface area contributed by atoms with E-state index >= 15 is 0 Å². The summed E-state index contributed by atoms with van der Waals surface area (Å²) >= 11 is 0. The molecule has 2 fully saturated rings. The van der Waals surface area contributed by atoms with Crippen molar-refractivity contribution in [1.82, 2.24) is 9.80 Å². The summed E-state index contributed by atoms with van der Waals surface area (Å²) in [4.78, 5) is 29.0. The molecule has 2 saturated heterocycles. The zero-order chi connectivity index (χ0) is 20.1. The van der Waals surface area contributed by atoms with Gasteiger partial charge in [-0.25, -0.2) is 8.78 Å². The molecule has 2 aliphatic heterocycles. The number of halogens is 2. The Morgan fingerprint density at radius 3 is 2.79 bits per heavy atom. The fraction of sp³-hybridized carbons (Fsp3) is 0.619. The molecule has 1 atom stereocenters. The number of hydrogen-bond acceptors (Lipinski definition) is 3. The van der Waals surface area contributed by atoms with Crippen molar-refractivity contribution in [3.8, 4) is 0 Å². The Morgan fingerprint density at radius 2 is 2.04 bits per heavy atom. The van der Waals surface area contributed by atoms with Crippen LogP contribution in [0.3, 0.4) is 0 Å². The molecule has 1 aromatic carbocycles. The first kappa shape index (κ1) is 20.7. The smallest absolute Gasteiger partial charge is 0.248 e. The number of likely N-dealkylation sites (tertiary alicyclic amines) is 2. The van der Waals surface area contributed by atoms with Crippen LogP contribution in [0.1, 0.15) is 44.6 Å². The van der Waals surface area contributed by atoms with Crippen molar-refractivity contribution in [2.24, 2.45) is 5.41 Å². The van der Waals surface area contributed by atoms with Crippen LogP contribution in [0, 0.1) is 17.0 Å². The van der Waals surface area contributed by atoms with Gasteiger partial charge in [0.15, 0.2) is 11.6 Å². The highest BCUT2D eigenvalue weighted by molar-refractivity contribution is 5.86. The second-order valence-electron chi connectivity index (χ2n) is 7.83. The number of nitrogens with zero attached hydrogens (tertiary/aromatic N) is 2. The number of carbonyl (C=O) groups excluding carboxylic acids is 2. The fourth-order valence-electron chi connectivity index (χ4n) is 4.12. The van der Waals surface area contributed by atoms with Crippen LogP contribution in [0.15, 0.2) is 18.2 Å². The number of hydrogen-bond donors (Lipinski definition) is 0. The molecule has 3 rings (SSSR count). The molecular formula is C21H28F2N2O3. The number of amides is 2. The molecule has 2 heterocycles. The van der Waals surface area contributed by atoms with Crippen LogP contribution in [-0.2, 0) is 20.9 Å². The van der Waals surface area contributed by atoms with Crippen molar-refractivity contribution in [2.75, 3.05) is 32.8 Å². The molecule has 28 heavy (non-hydrogen) atoms. The molecule has 0 aromatic heterocycles. The van der Waals surface area contributed by atoms with Gasteiger partial charge in [0.25, 0.3) is 0 Å². The third-order valence-corrected chi connectivity index (χ3v) is 5.76. The van der Waals surface area contributed by atoms with Gasteiger partial charge >= 0.3 is 0 Å². The van der Waals surface area contributed by atoms with E-state index in [4.69, 9.17) is 4.74 Å². The van der Waals surface area contributed by atoms with Gasteiger partial charge in [-0.2, -0.15) is 0 Å². The lowest BCUT2D eigenvalue weighted by Gasteiger charge is -2.39. The highest BCUT2D eigenvalue weighted by atomic mass is 19.2. The van der Waals surface area contributed by atoms with Crippen LogP contribution in [0.5, 0.6) is 0 Å². The molecule has 0 aliphatic carbocycles. The van der Waals surface area contributed by atoms with E-state index in [2.05, 4.69) is 6.92 Å². The van der Waals surface area contributed by atoms with E-state index in [9.17, 15) is 18.4 Å². The van der Waals surface area contributed by atoms with E-state index < -0.39 is 17.0 Å². The maximum Gasteiger partial charge on any atom is 0.248 e. The molecule has 0 radical (unpaired) electrons. The van der Waals surface area contributed by atoms with Crippen LogP contribution >= 0.6 is 0 Å². The van der Waals surface area contributed by atoms with E-state index in [0.717, 1.165) is 37.8 Å². The predicted octanol–water partition coefficient (Wildman–Crippen LogP) is 3.12. The van der Waals surface area contributed by atoms with E-state index in [1.54, 1.807) is 9.80 Å². The number of piperidine rings is 1. The molecule has 7 heteroatoms. The summed E-state index contributed by atoms with van der Waals surface area (Å²) in [5.74, 6) is -1.86. The average molecular weight is 394 g/mol. The largest absolute Gasteiger partial charge is 0.372 e. The summed E-state index contributed by atoms with van der Waals surface area (Å²) in [6.07, 6.45) is 4.17. The van der Waals surface area contributed by atoms with Gasteiger partial charge in [-0.15, -0.1) is 0 Å². The Morgan fingerprint density at radius 1 is 1.21 bits per heavy atom. The second-order valence-corrected chi connectivity index (χ2v) is 7.83. The van der Waals surface area contributed by atoms with Crippen molar-refractivity contribution in [3.05, 3.63) is 35.4 Å². The minimum atomic E-state index is -0.905. The average Bonchev–Trinajstić information content (AvgIpc) is 3.11. The first-order valence-corrected chi connectivity index (χ1v) is 10.0. The van der Waals surface area contributed by atoms with Gasteiger partial charge in [-0.3, -0.25) is 9.59 Å². The van der Waals surface area contributed by atoms with Crippen molar-refractivity contribution in [3.63, 3.8) is 0 Å². The summed E-state index contributed by atoms with van der Waals surface area (Å²) in [5, 5.41) is 0. The molecule has 1 spiro atoms. The minimum absolute atomic E-state index is 0.00526. The lowest BCUT2D eigenvalue weighted by Crippen LogP contribution is -2.50. The Bertz CT molecular complexity index is 728. The number of carbonyl (C=O) groups is 2. The van der Waals surface area contributed by atoms with Gasteiger partial charge in [-0.1, -0.05) is 19.4 Å². The third kappa shape index (κ3) is 4.51. The van der Waals surface area contributed by atoms with Crippen LogP contribution in [0.4, 0.5) is 8.78 Å². The molecule has 0 saturated carbocycles. The van der Waals surface area contributed by atoms with Crippen LogP contribution < -0.4 is 0 Å². The van der Waals surface area contributed by atoms with Crippen molar-refractivity contribution in [1.29, 1.82) is 0 Å². The first-order chi connectivity index (χ1) is 13.4. The van der Waals surface area contributed by atoms with E-state index in [0.29, 0.717) is 38.2 Å². The molecule has 0 bridgehead atoms. The van der Waals surface area contributed by atoms with Crippen LogP contribution in [0.2, 0.25) is 0 Å². The molecular weight excluding hydrogens is 366 g/mol. The summed E-state index contributed by atoms with van der Waals surface area (Å²) in [6.45, 7) is 4.51. The standard InChI is InChI=1S/C21H28F2N2O3/c1-2-3-11-28-14-19(26)25-10-8-21(15-25)7-4-9-24(20(21)27)13-16-5-6-17(22)18(23)12-16/h5-6,12H,2-4,7-11,13-15H2,1H3. The Balaban J connectivity index is 1.60. The van der Waals surface area contributed by atoms with Gasteiger partial charge in [0.2, 0.25) is 11.8 Å². The SMILES string of the molecule is CCCCOCC(=O)N1CCC2(CCCN(Cc3ccc(F)c(F)c3)C2=O)C1. The lowest BCUT2D eigenvalue weighted by molar-refractivity contribution is -0.147. The normalized spacial score (nSPS) is 22.3. The number of ether oxygens (including phenoxy) is 1. The van der Waals surface area contributed by atoms with Gasteiger partial charge in [0, 0.05) is 32.8 Å². The van der Waals surface area contributed by atoms with Gasteiger partial charge in [0.1, 0.15) is 6.61 Å². The molecule has 2 aliphatic rings. The van der Waals surface area contributed by atoms with E-state index in [1.807, 2.05) is 0 Å². The molecule has 5 nitrogen and oxygen atoms in total. The van der Waals surface area contributed by atoms with Gasteiger partial charge < -0.3 is 14.5 Å². The quantitative estimate of drug-likeness (QED) is 0.668. The fourth-order valence-corrected chi connectivity index (χ4v) is 4.12. The van der Waals surface area contributed by atoms with E-state index in [-0.39, 0.29) is 25.0 Å². The highest BCUT2D eigenvalue weighted by Gasteiger charge is 2.49. The van der Waals surface area contributed by atoms with Gasteiger partial charge in [-0.05, 0) is 43.4 Å². The monoisotopic (exact) mass is 394 g/mol. The number of benzene rings is 1. The zero-order valence-corrected chi connectivity index (χ0v) is 16.4. The van der Waals surface area contributed by atoms with Gasteiger partial charge in [0.05, 0.1) is 5.41 Å². The summed E-state index contributed by atoms with van der Waals surface area (Å²) in [6, 6.07) is 3.73. The zero-order valence-electron chi connectivity index (χ0n) is 16.4. The molecule has 0 N–H and O–H groups in total. The number of unbranched alkanes of at least 4 members (excludes halogenated alkanes) is 1. The topological polar surface area (TPSA) is 49.9 Å². The Kier molecular flexibility index (Phi) is 6.65. The Hall–Kier alpha value is -2.02. The van der Waals surface area contributed by atoms with Crippen molar-refractivity contribution < 1.29 is 23.1 Å².